The van der Waals surface area contributed by atoms with E-state index < -0.39 is 0 Å². The summed E-state index contributed by atoms with van der Waals surface area (Å²) in [6.45, 7) is 14.8. The molecule has 0 saturated carbocycles. The normalized spacial score (nSPS) is 13.6. The molecule has 0 radical (unpaired) electrons. The Morgan fingerprint density at radius 1 is 0.559 bits per heavy atom. The first-order valence-corrected chi connectivity index (χ1v) is 16.0. The van der Waals surface area contributed by atoms with E-state index >= 15 is 0 Å². The van der Waals surface area contributed by atoms with Crippen LogP contribution >= 0.6 is 0 Å². The maximum Gasteiger partial charge on any atom is 0.000967 e. The summed E-state index contributed by atoms with van der Waals surface area (Å²) in [6, 6.07) is 0. The van der Waals surface area contributed by atoms with Gasteiger partial charge in [0, 0.05) is 13.1 Å². The molecule has 0 rings (SSSR count). The Hall–Kier alpha value is -0.0800. The molecule has 1 unspecified atom stereocenters. The number of nitrogens with zero attached hydrogens (tertiary/aromatic N) is 1. The minimum atomic E-state index is 0.863. The summed E-state index contributed by atoms with van der Waals surface area (Å²) < 4.78 is 0. The average molecular weight is 481 g/mol. The maximum atomic E-state index is 3.26. The smallest absolute Gasteiger partial charge is 0.000967 e. The first kappa shape index (κ1) is 33.9. The fourth-order valence-corrected chi connectivity index (χ4v) is 5.40. The van der Waals surface area contributed by atoms with Crippen molar-refractivity contribution >= 4 is 0 Å². The van der Waals surface area contributed by atoms with Crippen molar-refractivity contribution in [2.75, 3.05) is 33.2 Å². The minimum Gasteiger partial charge on any atom is -0.320 e. The van der Waals surface area contributed by atoms with E-state index in [0.717, 1.165) is 11.8 Å². The third-order valence-corrected chi connectivity index (χ3v) is 7.83. The molecule has 0 spiro atoms. The summed E-state index contributed by atoms with van der Waals surface area (Å²) in [5.41, 5.74) is 0. The molecule has 0 aromatic heterocycles. The van der Waals surface area contributed by atoms with Crippen LogP contribution in [0.2, 0.25) is 0 Å². The highest BCUT2D eigenvalue weighted by atomic mass is 15.1. The highest BCUT2D eigenvalue weighted by Gasteiger charge is 2.15. The molecule has 2 nitrogen and oxygen atoms in total. The van der Waals surface area contributed by atoms with Crippen LogP contribution in [0.15, 0.2) is 0 Å². The molecule has 1 N–H and O–H groups in total. The van der Waals surface area contributed by atoms with Gasteiger partial charge in [-0.25, -0.2) is 0 Å². The highest BCUT2D eigenvalue weighted by Crippen LogP contribution is 2.19. The van der Waals surface area contributed by atoms with Crippen molar-refractivity contribution in [3.63, 3.8) is 0 Å². The predicted octanol–water partition coefficient (Wildman–Crippen LogP) is 10.0. The van der Waals surface area contributed by atoms with Gasteiger partial charge in [0.05, 0.1) is 0 Å². The molecule has 0 aliphatic heterocycles. The number of hydrogen-bond acceptors (Lipinski definition) is 2. The first-order chi connectivity index (χ1) is 16.7. The van der Waals surface area contributed by atoms with Gasteiger partial charge in [0.2, 0.25) is 0 Å². The lowest BCUT2D eigenvalue weighted by atomic mass is 9.96. The minimum absolute atomic E-state index is 0.863. The van der Waals surface area contributed by atoms with E-state index in [9.17, 15) is 0 Å². The predicted molar refractivity (Wildman–Crippen MR) is 157 cm³/mol. The molecule has 0 heterocycles. The monoisotopic (exact) mass is 481 g/mol. The Bertz CT molecular complexity index is 370. The standard InChI is InChI=1S/C32H68N2/c1-6-9-11-12-16-19-22-25-31(4)29-34(30-32(8-3)26-10-7-2)28-24-21-18-15-13-14-17-20-23-27-33-5/h31-33H,6-30H2,1-5H3/t31?,32-/m0/s1. The lowest BCUT2D eigenvalue weighted by molar-refractivity contribution is 0.185. The molecular weight excluding hydrogens is 412 g/mol. The number of nitrogens with one attached hydrogen (secondary N) is 1. The Kier molecular flexibility index (Phi) is 27.4. The Morgan fingerprint density at radius 3 is 1.65 bits per heavy atom. The van der Waals surface area contributed by atoms with Gasteiger partial charge in [-0.3, -0.25) is 0 Å². The van der Waals surface area contributed by atoms with E-state index in [-0.39, 0.29) is 0 Å². The van der Waals surface area contributed by atoms with E-state index in [1.165, 1.54) is 161 Å². The summed E-state index contributed by atoms with van der Waals surface area (Å²) in [4.78, 5) is 2.87. The molecular formula is C32H68N2. The third kappa shape index (κ3) is 23.7. The van der Waals surface area contributed by atoms with Crippen molar-refractivity contribution in [3.05, 3.63) is 0 Å². The van der Waals surface area contributed by atoms with Crippen molar-refractivity contribution in [3.8, 4) is 0 Å². The first-order valence-electron chi connectivity index (χ1n) is 16.0. The number of rotatable bonds is 28. The van der Waals surface area contributed by atoms with Crippen LogP contribution in [0.1, 0.15) is 163 Å². The molecule has 0 saturated heterocycles. The maximum absolute atomic E-state index is 3.26. The summed E-state index contributed by atoms with van der Waals surface area (Å²) in [7, 11) is 2.06. The Labute approximate surface area is 217 Å². The molecule has 0 aliphatic carbocycles. The van der Waals surface area contributed by atoms with Gasteiger partial charge in [-0.2, -0.15) is 0 Å². The van der Waals surface area contributed by atoms with Gasteiger partial charge in [0.25, 0.3) is 0 Å². The molecule has 0 amide bonds. The van der Waals surface area contributed by atoms with E-state index in [1.807, 2.05) is 0 Å². The zero-order chi connectivity index (χ0) is 25.1. The molecule has 34 heavy (non-hydrogen) atoms. The zero-order valence-electron chi connectivity index (χ0n) is 24.8. The van der Waals surface area contributed by atoms with Crippen LogP contribution in [0.4, 0.5) is 0 Å². The number of hydrogen-bond donors (Lipinski definition) is 1. The van der Waals surface area contributed by atoms with Crippen molar-refractivity contribution in [1.29, 1.82) is 0 Å². The van der Waals surface area contributed by atoms with E-state index in [1.54, 1.807) is 0 Å². The van der Waals surface area contributed by atoms with Gasteiger partial charge in [0.1, 0.15) is 0 Å². The molecule has 0 bridgehead atoms. The SMILES string of the molecule is CCCCCCCCCC(C)CN(CCCCCCCCCCCNC)C[C@@H](CC)CCCC. The lowest BCUT2D eigenvalue weighted by Gasteiger charge is -2.29. The molecule has 0 aromatic carbocycles. The van der Waals surface area contributed by atoms with Gasteiger partial charge in [-0.1, -0.05) is 137 Å². The van der Waals surface area contributed by atoms with Crippen LogP contribution < -0.4 is 5.32 Å². The third-order valence-electron chi connectivity index (χ3n) is 7.83. The second kappa shape index (κ2) is 27.5. The molecule has 0 aliphatic rings. The van der Waals surface area contributed by atoms with Crippen molar-refractivity contribution in [2.24, 2.45) is 11.8 Å². The molecule has 206 valence electrons. The van der Waals surface area contributed by atoms with Crippen molar-refractivity contribution < 1.29 is 0 Å². The van der Waals surface area contributed by atoms with Gasteiger partial charge in [-0.05, 0) is 57.7 Å². The fourth-order valence-electron chi connectivity index (χ4n) is 5.40. The largest absolute Gasteiger partial charge is 0.320 e. The lowest BCUT2D eigenvalue weighted by Crippen LogP contribution is -2.34. The van der Waals surface area contributed by atoms with E-state index in [4.69, 9.17) is 0 Å². The van der Waals surface area contributed by atoms with Crippen LogP contribution in [0, 0.1) is 11.8 Å². The molecule has 2 atom stereocenters. The Balaban J connectivity index is 4.13. The van der Waals surface area contributed by atoms with E-state index in [0.29, 0.717) is 0 Å². The van der Waals surface area contributed by atoms with Gasteiger partial charge < -0.3 is 10.2 Å². The summed E-state index contributed by atoms with van der Waals surface area (Å²) >= 11 is 0. The van der Waals surface area contributed by atoms with Gasteiger partial charge in [-0.15, -0.1) is 0 Å². The Morgan fingerprint density at radius 2 is 1.09 bits per heavy atom. The van der Waals surface area contributed by atoms with Crippen LogP contribution in [0.5, 0.6) is 0 Å². The van der Waals surface area contributed by atoms with Gasteiger partial charge >= 0.3 is 0 Å². The van der Waals surface area contributed by atoms with Crippen LogP contribution in [-0.2, 0) is 0 Å². The van der Waals surface area contributed by atoms with E-state index in [2.05, 4.69) is 45.0 Å². The van der Waals surface area contributed by atoms with Crippen molar-refractivity contribution in [2.45, 2.75) is 163 Å². The second-order valence-corrected chi connectivity index (χ2v) is 11.5. The van der Waals surface area contributed by atoms with Crippen LogP contribution in [-0.4, -0.2) is 38.1 Å². The summed E-state index contributed by atoms with van der Waals surface area (Å²) in [5.74, 6) is 1.77. The molecule has 0 aromatic rings. The second-order valence-electron chi connectivity index (χ2n) is 11.5. The van der Waals surface area contributed by atoms with Crippen LogP contribution in [0.3, 0.4) is 0 Å². The van der Waals surface area contributed by atoms with Crippen molar-refractivity contribution in [1.82, 2.24) is 10.2 Å². The topological polar surface area (TPSA) is 15.3 Å². The fraction of sp³-hybridized carbons (Fsp3) is 1.00. The number of unbranched alkanes of at least 4 members (excludes halogenated alkanes) is 15. The van der Waals surface area contributed by atoms with Crippen LogP contribution in [0.25, 0.3) is 0 Å². The zero-order valence-corrected chi connectivity index (χ0v) is 24.8. The summed E-state index contributed by atoms with van der Waals surface area (Å²) in [6.07, 6.45) is 29.9. The molecule has 0 fully saturated rings. The quantitative estimate of drug-likeness (QED) is 0.112. The molecule has 2 heteroatoms. The highest BCUT2D eigenvalue weighted by molar-refractivity contribution is 4.69. The van der Waals surface area contributed by atoms with Gasteiger partial charge in [0.15, 0.2) is 0 Å². The average Bonchev–Trinajstić information content (AvgIpc) is 2.84. The summed E-state index contributed by atoms with van der Waals surface area (Å²) in [5, 5.41) is 3.26.